The van der Waals surface area contributed by atoms with Crippen LogP contribution in [0.25, 0.3) is 0 Å². The average molecular weight is 336 g/mol. The van der Waals surface area contributed by atoms with Gasteiger partial charge in [-0.25, -0.2) is 0 Å². The molecule has 0 aromatic rings. The van der Waals surface area contributed by atoms with Crippen LogP contribution in [0.3, 0.4) is 0 Å². The molecule has 1 heterocycles. The molecule has 0 aliphatic carbocycles. The van der Waals surface area contributed by atoms with Crippen LogP contribution in [0.4, 0.5) is 0 Å². The third-order valence-corrected chi connectivity index (χ3v) is 3.67. The van der Waals surface area contributed by atoms with Crippen molar-refractivity contribution in [3.63, 3.8) is 0 Å². The molecule has 1 aliphatic rings. The molecule has 0 bridgehead atoms. The van der Waals surface area contributed by atoms with E-state index in [9.17, 15) is 9.59 Å². The SMILES string of the molecule is CC1CN(C(=O)C(Cl)Cl)C(C)CN1C(=O)C(Cl)Cl. The second-order valence-electron chi connectivity index (χ2n) is 4.28. The Morgan fingerprint density at radius 1 is 0.889 bits per heavy atom. The van der Waals surface area contributed by atoms with Crippen LogP contribution in [0.1, 0.15) is 13.8 Å². The van der Waals surface area contributed by atoms with Crippen LogP contribution in [0.5, 0.6) is 0 Å². The van der Waals surface area contributed by atoms with E-state index in [0.29, 0.717) is 13.1 Å². The smallest absolute Gasteiger partial charge is 0.256 e. The zero-order valence-corrected chi connectivity index (χ0v) is 13.0. The number of piperazine rings is 1. The van der Waals surface area contributed by atoms with E-state index >= 15 is 0 Å². The summed E-state index contributed by atoms with van der Waals surface area (Å²) in [4.78, 5) is 24.5. The highest BCUT2D eigenvalue weighted by Crippen LogP contribution is 2.21. The molecule has 2 amide bonds. The Morgan fingerprint density at radius 3 is 1.39 bits per heavy atom. The molecule has 0 aromatic heterocycles. The first-order valence-corrected chi connectivity index (χ1v) is 7.17. The molecular formula is C10H14Cl4N2O2. The molecule has 0 N–H and O–H groups in total. The van der Waals surface area contributed by atoms with E-state index in [4.69, 9.17) is 46.4 Å². The van der Waals surface area contributed by atoms with Gasteiger partial charge >= 0.3 is 0 Å². The third-order valence-electron chi connectivity index (χ3n) is 2.93. The van der Waals surface area contributed by atoms with Gasteiger partial charge in [0.2, 0.25) is 0 Å². The molecule has 18 heavy (non-hydrogen) atoms. The zero-order valence-electron chi connectivity index (χ0n) is 9.95. The molecule has 1 saturated heterocycles. The van der Waals surface area contributed by atoms with Crippen molar-refractivity contribution in [3.8, 4) is 0 Å². The maximum absolute atomic E-state index is 11.8. The van der Waals surface area contributed by atoms with E-state index in [1.54, 1.807) is 9.80 Å². The molecule has 0 radical (unpaired) electrons. The van der Waals surface area contributed by atoms with Gasteiger partial charge in [0.25, 0.3) is 11.8 Å². The van der Waals surface area contributed by atoms with Gasteiger partial charge in [0, 0.05) is 25.2 Å². The number of nitrogens with zero attached hydrogens (tertiary/aromatic N) is 2. The summed E-state index contributed by atoms with van der Waals surface area (Å²) >= 11 is 22.3. The maximum Gasteiger partial charge on any atom is 0.256 e. The van der Waals surface area contributed by atoms with E-state index in [0.717, 1.165) is 0 Å². The molecule has 0 spiro atoms. The fourth-order valence-corrected chi connectivity index (χ4v) is 2.49. The maximum atomic E-state index is 11.8. The van der Waals surface area contributed by atoms with Gasteiger partial charge in [0.1, 0.15) is 0 Å². The van der Waals surface area contributed by atoms with Crippen molar-refractivity contribution in [2.24, 2.45) is 0 Å². The van der Waals surface area contributed by atoms with Gasteiger partial charge < -0.3 is 9.80 Å². The number of amides is 2. The van der Waals surface area contributed by atoms with Crippen LogP contribution in [0.15, 0.2) is 0 Å². The number of carbonyl (C=O) groups is 2. The Hall–Kier alpha value is 0.1000. The average Bonchev–Trinajstić information content (AvgIpc) is 2.29. The Morgan fingerprint density at radius 2 is 1.17 bits per heavy atom. The highest BCUT2D eigenvalue weighted by Gasteiger charge is 2.37. The normalized spacial score (nSPS) is 24.9. The van der Waals surface area contributed by atoms with E-state index in [-0.39, 0.29) is 23.9 Å². The van der Waals surface area contributed by atoms with Crippen molar-refractivity contribution < 1.29 is 9.59 Å². The van der Waals surface area contributed by atoms with Crippen LogP contribution in [-0.4, -0.2) is 56.5 Å². The van der Waals surface area contributed by atoms with Crippen LogP contribution in [-0.2, 0) is 9.59 Å². The lowest BCUT2D eigenvalue weighted by atomic mass is 10.1. The molecule has 8 heteroatoms. The summed E-state index contributed by atoms with van der Waals surface area (Å²) in [6.45, 7) is 4.36. The van der Waals surface area contributed by atoms with Gasteiger partial charge in [-0.15, -0.1) is 0 Å². The Kier molecular flexibility index (Phi) is 5.84. The van der Waals surface area contributed by atoms with Crippen LogP contribution in [0, 0.1) is 0 Å². The summed E-state index contributed by atoms with van der Waals surface area (Å²) in [5.41, 5.74) is 0. The lowest BCUT2D eigenvalue weighted by Gasteiger charge is -2.44. The van der Waals surface area contributed by atoms with Gasteiger partial charge in [0.15, 0.2) is 9.67 Å². The third kappa shape index (κ3) is 3.56. The summed E-state index contributed by atoms with van der Waals surface area (Å²) < 4.78 is 0. The van der Waals surface area contributed by atoms with Gasteiger partial charge in [-0.05, 0) is 13.8 Å². The minimum absolute atomic E-state index is 0.176. The first kappa shape index (κ1) is 16.2. The van der Waals surface area contributed by atoms with Gasteiger partial charge in [-0.3, -0.25) is 9.59 Å². The monoisotopic (exact) mass is 334 g/mol. The minimum atomic E-state index is -1.09. The highest BCUT2D eigenvalue weighted by molar-refractivity contribution is 6.54. The quantitative estimate of drug-likeness (QED) is 0.724. The predicted molar refractivity (Wildman–Crippen MR) is 73.3 cm³/mol. The molecular weight excluding hydrogens is 322 g/mol. The predicted octanol–water partition coefficient (Wildman–Crippen LogP) is 2.04. The Bertz CT molecular complexity index is 306. The molecule has 0 aromatic carbocycles. The van der Waals surface area contributed by atoms with Crippen LogP contribution >= 0.6 is 46.4 Å². The lowest BCUT2D eigenvalue weighted by molar-refractivity contribution is -0.143. The second-order valence-corrected chi connectivity index (χ2v) is 6.47. The fourth-order valence-electron chi connectivity index (χ4n) is 1.99. The number of hydrogen-bond acceptors (Lipinski definition) is 2. The van der Waals surface area contributed by atoms with Crippen molar-refractivity contribution >= 4 is 58.2 Å². The molecule has 1 fully saturated rings. The van der Waals surface area contributed by atoms with Gasteiger partial charge in [-0.1, -0.05) is 46.4 Å². The Balaban J connectivity index is 2.76. The first-order chi connectivity index (χ1) is 8.25. The van der Waals surface area contributed by atoms with Crippen LogP contribution in [0.2, 0.25) is 0 Å². The van der Waals surface area contributed by atoms with Gasteiger partial charge in [-0.2, -0.15) is 0 Å². The number of rotatable bonds is 2. The molecule has 1 aliphatic heterocycles. The van der Waals surface area contributed by atoms with Crippen molar-refractivity contribution in [3.05, 3.63) is 0 Å². The zero-order chi connectivity index (χ0) is 14.0. The van der Waals surface area contributed by atoms with Crippen molar-refractivity contribution in [1.29, 1.82) is 0 Å². The molecule has 2 atom stereocenters. The summed E-state index contributed by atoms with van der Waals surface area (Å²) in [6.07, 6.45) is 0. The lowest BCUT2D eigenvalue weighted by Crippen LogP contribution is -2.61. The van der Waals surface area contributed by atoms with E-state index in [2.05, 4.69) is 0 Å². The Labute approximate surface area is 126 Å². The first-order valence-electron chi connectivity index (χ1n) is 5.43. The van der Waals surface area contributed by atoms with Crippen molar-refractivity contribution in [2.45, 2.75) is 35.6 Å². The minimum Gasteiger partial charge on any atom is -0.334 e. The second kappa shape index (κ2) is 6.51. The van der Waals surface area contributed by atoms with E-state index in [1.807, 2.05) is 13.8 Å². The van der Waals surface area contributed by atoms with Crippen molar-refractivity contribution in [2.75, 3.05) is 13.1 Å². The standard InChI is InChI=1S/C10H14Cl4N2O2/c1-5-3-16(10(18)8(13)14)6(2)4-15(5)9(17)7(11)12/h5-8H,3-4H2,1-2H3. The number of hydrogen-bond donors (Lipinski definition) is 0. The molecule has 1 rings (SSSR count). The highest BCUT2D eigenvalue weighted by atomic mass is 35.5. The molecule has 104 valence electrons. The number of alkyl halides is 4. The number of carbonyl (C=O) groups excluding carboxylic acids is 2. The number of halogens is 4. The van der Waals surface area contributed by atoms with Gasteiger partial charge in [0.05, 0.1) is 0 Å². The fraction of sp³-hybridized carbons (Fsp3) is 0.800. The van der Waals surface area contributed by atoms with E-state index in [1.165, 1.54) is 0 Å². The molecule has 0 saturated carbocycles. The largest absolute Gasteiger partial charge is 0.334 e. The van der Waals surface area contributed by atoms with Crippen molar-refractivity contribution in [1.82, 2.24) is 9.80 Å². The molecule has 2 unspecified atom stereocenters. The summed E-state index contributed by atoms with van der Waals surface area (Å²) in [6, 6.07) is -0.352. The summed E-state index contributed by atoms with van der Waals surface area (Å²) in [5, 5.41) is 0. The molecule has 4 nitrogen and oxygen atoms in total. The topological polar surface area (TPSA) is 40.6 Å². The van der Waals surface area contributed by atoms with E-state index < -0.39 is 9.67 Å². The summed E-state index contributed by atoms with van der Waals surface area (Å²) in [5.74, 6) is -0.698. The summed E-state index contributed by atoms with van der Waals surface area (Å²) in [7, 11) is 0. The van der Waals surface area contributed by atoms with Crippen LogP contribution < -0.4 is 0 Å².